The van der Waals surface area contributed by atoms with Crippen LogP contribution in [0.25, 0.3) is 0 Å². The third kappa shape index (κ3) is 3.82. The van der Waals surface area contributed by atoms with E-state index in [1.54, 1.807) is 12.4 Å². The smallest absolute Gasteiger partial charge is 0.270 e. The molecular weight excluding hydrogens is 402 g/mol. The minimum atomic E-state index is -1.40. The van der Waals surface area contributed by atoms with Crippen molar-refractivity contribution in [2.75, 3.05) is 18.9 Å². The fraction of sp³-hybridized carbons (Fsp3) is 0.240. The third-order valence-corrected chi connectivity index (χ3v) is 5.77. The van der Waals surface area contributed by atoms with Crippen LogP contribution in [0.4, 0.5) is 5.95 Å². The van der Waals surface area contributed by atoms with Gasteiger partial charge in [-0.1, -0.05) is 54.3 Å². The van der Waals surface area contributed by atoms with Crippen molar-refractivity contribution in [2.45, 2.75) is 25.1 Å². The second kappa shape index (κ2) is 8.42. The van der Waals surface area contributed by atoms with Gasteiger partial charge in [-0.15, -0.1) is 0 Å². The van der Waals surface area contributed by atoms with Crippen LogP contribution in [0.5, 0.6) is 0 Å². The van der Waals surface area contributed by atoms with E-state index in [9.17, 15) is 4.79 Å². The second-order valence-corrected chi connectivity index (χ2v) is 8.09. The Morgan fingerprint density at radius 1 is 1.06 bits per heavy atom. The number of primary amides is 1. The van der Waals surface area contributed by atoms with Gasteiger partial charge in [0, 0.05) is 35.6 Å². The zero-order valence-electron chi connectivity index (χ0n) is 18.1. The highest BCUT2D eigenvalue weighted by molar-refractivity contribution is 5.85. The number of carbonyl (C=O) groups is 1. The average molecular weight is 428 g/mol. The molecule has 4 N–H and O–H groups in total. The lowest BCUT2D eigenvalue weighted by atomic mass is 9.87. The van der Waals surface area contributed by atoms with Crippen LogP contribution in [0.3, 0.4) is 0 Å². The molecule has 1 unspecified atom stereocenters. The molecule has 162 valence electrons. The van der Waals surface area contributed by atoms with Gasteiger partial charge >= 0.3 is 0 Å². The van der Waals surface area contributed by atoms with Crippen molar-refractivity contribution in [3.63, 3.8) is 0 Å². The molecule has 2 aromatic carbocycles. The summed E-state index contributed by atoms with van der Waals surface area (Å²) < 4.78 is 6.11. The van der Waals surface area contributed by atoms with E-state index in [1.807, 2.05) is 59.5 Å². The minimum absolute atomic E-state index is 0.195. The predicted octanol–water partition coefficient (Wildman–Crippen LogP) is 2.36. The Morgan fingerprint density at radius 2 is 1.75 bits per heavy atom. The summed E-state index contributed by atoms with van der Waals surface area (Å²) in [6, 6.07) is 17.4. The number of rotatable bonds is 4. The van der Waals surface area contributed by atoms with Crippen LogP contribution in [0.15, 0.2) is 67.0 Å². The highest BCUT2D eigenvalue weighted by Gasteiger charge is 2.54. The molecule has 0 saturated carbocycles. The van der Waals surface area contributed by atoms with Crippen molar-refractivity contribution in [1.29, 1.82) is 0 Å². The highest BCUT2D eigenvalue weighted by atomic mass is 16.5. The van der Waals surface area contributed by atoms with Gasteiger partial charge in [-0.2, -0.15) is 0 Å². The number of benzene rings is 2. The van der Waals surface area contributed by atoms with Gasteiger partial charge in [0.2, 0.25) is 11.7 Å². The van der Waals surface area contributed by atoms with E-state index in [4.69, 9.17) is 16.2 Å². The van der Waals surface area contributed by atoms with E-state index in [-0.39, 0.29) is 5.95 Å². The van der Waals surface area contributed by atoms with Crippen molar-refractivity contribution in [3.8, 4) is 11.8 Å². The number of hydrogen-bond donors (Lipinski definition) is 2. The largest absolute Gasteiger partial charge is 0.368 e. The number of nitrogen functional groups attached to an aromatic ring is 1. The molecule has 1 saturated heterocycles. The van der Waals surface area contributed by atoms with Crippen molar-refractivity contribution in [2.24, 2.45) is 5.73 Å². The van der Waals surface area contributed by atoms with Gasteiger partial charge in [-0.3, -0.25) is 9.69 Å². The molecule has 2 heterocycles. The van der Waals surface area contributed by atoms with Gasteiger partial charge in [-0.25, -0.2) is 9.97 Å². The summed E-state index contributed by atoms with van der Waals surface area (Å²) in [4.78, 5) is 22.8. The van der Waals surface area contributed by atoms with E-state index in [1.165, 1.54) is 0 Å². The molecule has 0 spiro atoms. The number of aromatic nitrogens is 2. The summed E-state index contributed by atoms with van der Waals surface area (Å²) in [5.41, 5.74) is 12.7. The summed E-state index contributed by atoms with van der Waals surface area (Å²) in [6.45, 7) is 5.08. The molecule has 3 aromatic rings. The zero-order chi connectivity index (χ0) is 22.8. The van der Waals surface area contributed by atoms with Crippen molar-refractivity contribution in [3.05, 3.63) is 89.2 Å². The zero-order valence-corrected chi connectivity index (χ0v) is 18.1. The lowest BCUT2D eigenvalue weighted by Crippen LogP contribution is -2.58. The predicted molar refractivity (Wildman–Crippen MR) is 122 cm³/mol. The number of anilines is 1. The monoisotopic (exact) mass is 427 g/mol. The Kier molecular flexibility index (Phi) is 5.66. The van der Waals surface area contributed by atoms with Crippen LogP contribution in [0.2, 0.25) is 0 Å². The van der Waals surface area contributed by atoms with Gasteiger partial charge in [0.25, 0.3) is 5.91 Å². The molecular formula is C25H25N5O2. The van der Waals surface area contributed by atoms with Crippen LogP contribution in [0, 0.1) is 11.8 Å². The third-order valence-electron chi connectivity index (χ3n) is 5.77. The number of ether oxygens (including phenoxy) is 1. The highest BCUT2D eigenvalue weighted by Crippen LogP contribution is 2.43. The fourth-order valence-electron chi connectivity index (χ4n) is 4.14. The van der Waals surface area contributed by atoms with Gasteiger partial charge in [-0.05, 0) is 31.5 Å². The molecule has 7 heteroatoms. The summed E-state index contributed by atoms with van der Waals surface area (Å²) in [6.07, 6.45) is 3.13. The van der Waals surface area contributed by atoms with E-state index in [2.05, 4.69) is 35.7 Å². The van der Waals surface area contributed by atoms with Crippen molar-refractivity contribution >= 4 is 11.9 Å². The summed E-state index contributed by atoms with van der Waals surface area (Å²) >= 11 is 0. The summed E-state index contributed by atoms with van der Waals surface area (Å²) in [5, 5.41) is 0. The van der Waals surface area contributed by atoms with Crippen LogP contribution in [-0.4, -0.2) is 33.9 Å². The summed E-state index contributed by atoms with van der Waals surface area (Å²) in [7, 11) is 0. The Balaban J connectivity index is 1.75. The molecule has 0 bridgehead atoms. The van der Waals surface area contributed by atoms with Gasteiger partial charge in [0.15, 0.2) is 0 Å². The molecule has 32 heavy (non-hydrogen) atoms. The SMILES string of the molecule is CC(C)(c1ccccc1)N1CCOC1(C(N)=O)c1cccc(C#Cc2cnc(N)nc2)c1. The molecule has 1 atom stereocenters. The Bertz CT molecular complexity index is 1180. The van der Waals surface area contributed by atoms with Crippen molar-refractivity contribution < 1.29 is 9.53 Å². The molecule has 1 aromatic heterocycles. The van der Waals surface area contributed by atoms with Crippen molar-refractivity contribution in [1.82, 2.24) is 14.9 Å². The molecule has 1 amide bonds. The maximum Gasteiger partial charge on any atom is 0.270 e. The Morgan fingerprint density at radius 3 is 2.44 bits per heavy atom. The van der Waals surface area contributed by atoms with E-state index in [0.717, 1.165) is 5.56 Å². The van der Waals surface area contributed by atoms with Gasteiger partial charge < -0.3 is 16.2 Å². The fourth-order valence-corrected chi connectivity index (χ4v) is 4.14. The molecule has 1 fully saturated rings. The number of nitrogens with zero attached hydrogens (tertiary/aromatic N) is 3. The Labute approximate surface area is 187 Å². The number of hydrogen-bond acceptors (Lipinski definition) is 6. The molecule has 0 aliphatic carbocycles. The van der Waals surface area contributed by atoms with Crippen LogP contribution >= 0.6 is 0 Å². The quantitative estimate of drug-likeness (QED) is 0.619. The standard InChI is InChI=1S/C25H25N5O2/c1-24(2,20-8-4-3-5-9-20)30-13-14-32-25(30,22(26)31)21-10-6-7-18(15-21)11-12-19-16-28-23(27)29-17-19/h3-10,15-17H,13-14H2,1-2H3,(H2,26,31)(H2,27,28,29). The van der Waals surface area contributed by atoms with Gasteiger partial charge in [0.05, 0.1) is 12.2 Å². The van der Waals surface area contributed by atoms with Crippen LogP contribution < -0.4 is 11.5 Å². The summed E-state index contributed by atoms with van der Waals surface area (Å²) in [5.74, 6) is 5.74. The molecule has 1 aliphatic heterocycles. The first-order valence-electron chi connectivity index (χ1n) is 10.3. The second-order valence-electron chi connectivity index (χ2n) is 8.09. The number of carbonyl (C=O) groups excluding carboxylic acids is 1. The van der Waals surface area contributed by atoms with E-state index >= 15 is 0 Å². The van der Waals surface area contributed by atoms with Gasteiger partial charge in [0.1, 0.15) is 0 Å². The van der Waals surface area contributed by atoms with E-state index in [0.29, 0.717) is 29.8 Å². The van der Waals surface area contributed by atoms with Crippen LogP contribution in [0.1, 0.15) is 36.1 Å². The topological polar surface area (TPSA) is 107 Å². The lowest BCUT2D eigenvalue weighted by Gasteiger charge is -2.45. The number of nitrogens with two attached hydrogens (primary N) is 2. The lowest BCUT2D eigenvalue weighted by molar-refractivity contribution is -0.166. The van der Waals surface area contributed by atoms with E-state index < -0.39 is 17.2 Å². The first-order valence-corrected chi connectivity index (χ1v) is 10.3. The molecule has 1 aliphatic rings. The normalized spacial score (nSPS) is 18.7. The molecule has 4 rings (SSSR count). The van der Waals surface area contributed by atoms with Crippen LogP contribution in [-0.2, 0) is 20.8 Å². The Hall–Kier alpha value is -3.73. The number of amides is 1. The maximum atomic E-state index is 12.9. The maximum absolute atomic E-state index is 12.9. The average Bonchev–Trinajstić information content (AvgIpc) is 3.27. The first-order chi connectivity index (χ1) is 15.3. The molecule has 7 nitrogen and oxygen atoms in total. The minimum Gasteiger partial charge on any atom is -0.368 e. The first kappa shape index (κ1) is 21.5. The molecule has 0 radical (unpaired) electrons.